The van der Waals surface area contributed by atoms with Crippen LogP contribution in [0.15, 0.2) is 36.7 Å². The molecular formula is C33H48N2O2. The molecule has 2 aliphatic rings. The monoisotopic (exact) mass is 504 g/mol. The number of ether oxygens (including phenoxy) is 1. The summed E-state index contributed by atoms with van der Waals surface area (Å²) < 4.78 is 5.77. The van der Waals surface area contributed by atoms with Gasteiger partial charge in [-0.05, 0) is 92.5 Å². The van der Waals surface area contributed by atoms with E-state index in [1.54, 1.807) is 0 Å². The Morgan fingerprint density at radius 3 is 2.03 bits per heavy atom. The molecule has 0 unspecified atom stereocenters. The number of aryl methyl sites for hydroxylation is 1. The molecule has 4 heteroatoms. The summed E-state index contributed by atoms with van der Waals surface area (Å²) in [5.41, 5.74) is 2.10. The van der Waals surface area contributed by atoms with Crippen LogP contribution in [0.4, 0.5) is 0 Å². The van der Waals surface area contributed by atoms with Gasteiger partial charge in [0.15, 0.2) is 5.82 Å². The number of rotatable bonds is 12. The molecule has 0 radical (unpaired) electrons. The molecule has 0 N–H and O–H groups in total. The molecule has 4 nitrogen and oxygen atoms in total. The van der Waals surface area contributed by atoms with Crippen molar-refractivity contribution in [3.8, 4) is 17.1 Å². The quantitative estimate of drug-likeness (QED) is 0.164. The van der Waals surface area contributed by atoms with E-state index in [0.29, 0.717) is 11.6 Å². The molecule has 1 aromatic heterocycles. The second-order valence-corrected chi connectivity index (χ2v) is 11.7. The van der Waals surface area contributed by atoms with Crippen molar-refractivity contribution < 1.29 is 9.53 Å². The lowest BCUT2D eigenvalue weighted by Crippen LogP contribution is -2.30. The average molecular weight is 505 g/mol. The number of carbonyl (C=O) groups excluding carboxylic acids is 1. The number of hydrogen-bond donors (Lipinski definition) is 0. The van der Waals surface area contributed by atoms with E-state index in [1.807, 2.05) is 36.7 Å². The van der Waals surface area contributed by atoms with E-state index in [-0.39, 0.29) is 11.9 Å². The maximum Gasteiger partial charge on any atom is 0.314 e. The molecular weight excluding hydrogens is 456 g/mol. The van der Waals surface area contributed by atoms with Gasteiger partial charge < -0.3 is 4.74 Å². The standard InChI is InChI=1S/C33H48N2O2/c1-3-5-6-7-8-10-25-11-13-27(14-12-25)28-15-17-30(18-16-28)33(36)37-31-21-19-29(20-22-31)32-34-23-26(9-4-2)24-35-32/h19-25,27-28,30H,3-18H2,1-2H3/t25-,27-,28-,30-. The highest BCUT2D eigenvalue weighted by atomic mass is 16.5. The minimum absolute atomic E-state index is 0.0461. The van der Waals surface area contributed by atoms with Gasteiger partial charge in [-0.25, -0.2) is 9.97 Å². The summed E-state index contributed by atoms with van der Waals surface area (Å²) in [5.74, 6) is 3.99. The Labute approximate surface area is 225 Å². The van der Waals surface area contributed by atoms with Crippen LogP contribution in [0.25, 0.3) is 11.4 Å². The van der Waals surface area contributed by atoms with Gasteiger partial charge in [0.1, 0.15) is 5.75 Å². The van der Waals surface area contributed by atoms with Crippen LogP contribution in [0, 0.1) is 23.7 Å². The first kappa shape index (κ1) is 27.8. The molecule has 0 saturated heterocycles. The van der Waals surface area contributed by atoms with Gasteiger partial charge in [-0.1, -0.05) is 71.6 Å². The largest absolute Gasteiger partial charge is 0.426 e. The van der Waals surface area contributed by atoms with Gasteiger partial charge in [-0.2, -0.15) is 0 Å². The number of aromatic nitrogens is 2. The molecule has 0 spiro atoms. The second-order valence-electron chi connectivity index (χ2n) is 11.7. The summed E-state index contributed by atoms with van der Waals surface area (Å²) in [4.78, 5) is 21.8. The number of nitrogens with zero attached hydrogens (tertiary/aromatic N) is 2. The van der Waals surface area contributed by atoms with Gasteiger partial charge in [-0.3, -0.25) is 4.79 Å². The van der Waals surface area contributed by atoms with Crippen LogP contribution in [-0.2, 0) is 11.2 Å². The molecule has 2 saturated carbocycles. The fraction of sp³-hybridized carbons (Fsp3) is 0.667. The molecule has 37 heavy (non-hydrogen) atoms. The molecule has 0 aliphatic heterocycles. The zero-order valence-corrected chi connectivity index (χ0v) is 23.3. The molecule has 0 bridgehead atoms. The summed E-state index contributed by atoms with van der Waals surface area (Å²) >= 11 is 0. The summed E-state index contributed by atoms with van der Waals surface area (Å²) in [6.45, 7) is 4.45. The van der Waals surface area contributed by atoms with Crippen LogP contribution < -0.4 is 4.74 Å². The Kier molecular flexibility index (Phi) is 11.0. The van der Waals surface area contributed by atoms with E-state index in [2.05, 4.69) is 23.8 Å². The smallest absolute Gasteiger partial charge is 0.314 e. The van der Waals surface area contributed by atoms with Crippen LogP contribution in [0.3, 0.4) is 0 Å². The van der Waals surface area contributed by atoms with Gasteiger partial charge in [0.05, 0.1) is 5.92 Å². The normalized spacial score (nSPS) is 24.1. The van der Waals surface area contributed by atoms with E-state index in [0.717, 1.165) is 54.6 Å². The second kappa shape index (κ2) is 14.6. The van der Waals surface area contributed by atoms with Crippen molar-refractivity contribution in [1.82, 2.24) is 9.97 Å². The van der Waals surface area contributed by atoms with Gasteiger partial charge in [-0.15, -0.1) is 0 Å². The topological polar surface area (TPSA) is 52.1 Å². The molecule has 1 aromatic carbocycles. The van der Waals surface area contributed by atoms with Gasteiger partial charge in [0.25, 0.3) is 0 Å². The Bertz CT molecular complexity index is 924. The number of carbonyl (C=O) groups is 1. The molecule has 1 heterocycles. The maximum atomic E-state index is 12.9. The average Bonchev–Trinajstić information content (AvgIpc) is 2.94. The third-order valence-electron chi connectivity index (χ3n) is 8.95. The van der Waals surface area contributed by atoms with Gasteiger partial charge in [0, 0.05) is 18.0 Å². The van der Waals surface area contributed by atoms with Crippen molar-refractivity contribution >= 4 is 5.97 Å². The zero-order valence-electron chi connectivity index (χ0n) is 23.3. The van der Waals surface area contributed by atoms with E-state index in [4.69, 9.17) is 4.74 Å². The van der Waals surface area contributed by atoms with E-state index in [1.165, 1.54) is 77.0 Å². The van der Waals surface area contributed by atoms with E-state index >= 15 is 0 Å². The molecule has 0 atom stereocenters. The van der Waals surface area contributed by atoms with Crippen molar-refractivity contribution in [3.05, 3.63) is 42.2 Å². The highest BCUT2D eigenvalue weighted by Gasteiger charge is 2.33. The van der Waals surface area contributed by atoms with Crippen molar-refractivity contribution in [1.29, 1.82) is 0 Å². The SMILES string of the molecule is CCCCCCC[C@H]1CC[C@H]([C@H]2CC[C@H](C(=O)Oc3ccc(-c4ncc(CCC)cn4)cc3)CC2)CC1. The van der Waals surface area contributed by atoms with Gasteiger partial charge >= 0.3 is 5.97 Å². The molecule has 4 rings (SSSR count). The van der Waals surface area contributed by atoms with Crippen molar-refractivity contribution in [3.63, 3.8) is 0 Å². The predicted molar refractivity (Wildman–Crippen MR) is 151 cm³/mol. The first-order valence-electron chi connectivity index (χ1n) is 15.3. The van der Waals surface area contributed by atoms with Crippen molar-refractivity contribution in [2.75, 3.05) is 0 Å². The summed E-state index contributed by atoms with van der Waals surface area (Å²) in [6, 6.07) is 7.61. The zero-order chi connectivity index (χ0) is 25.9. The number of benzene rings is 1. The highest BCUT2D eigenvalue weighted by Crippen LogP contribution is 2.42. The number of hydrogen-bond acceptors (Lipinski definition) is 4. The maximum absolute atomic E-state index is 12.9. The molecule has 202 valence electrons. The van der Waals surface area contributed by atoms with Crippen LogP contribution in [-0.4, -0.2) is 15.9 Å². The van der Waals surface area contributed by atoms with Crippen LogP contribution in [0.5, 0.6) is 5.75 Å². The lowest BCUT2D eigenvalue weighted by molar-refractivity contribution is -0.140. The summed E-state index contributed by atoms with van der Waals surface area (Å²) in [6.07, 6.45) is 24.4. The minimum atomic E-state index is -0.0573. The number of esters is 1. The lowest BCUT2D eigenvalue weighted by Gasteiger charge is -2.37. The molecule has 2 fully saturated rings. The molecule has 0 amide bonds. The van der Waals surface area contributed by atoms with Gasteiger partial charge in [0.2, 0.25) is 0 Å². The van der Waals surface area contributed by atoms with Crippen molar-refractivity contribution in [2.45, 2.75) is 117 Å². The van der Waals surface area contributed by atoms with Crippen LogP contribution >= 0.6 is 0 Å². The van der Waals surface area contributed by atoms with E-state index < -0.39 is 0 Å². The third-order valence-corrected chi connectivity index (χ3v) is 8.95. The molecule has 2 aromatic rings. The Hall–Kier alpha value is -2.23. The van der Waals surface area contributed by atoms with Crippen LogP contribution in [0.1, 0.15) is 116 Å². The lowest BCUT2D eigenvalue weighted by atomic mass is 9.68. The third kappa shape index (κ3) is 8.38. The Morgan fingerprint density at radius 2 is 1.41 bits per heavy atom. The summed E-state index contributed by atoms with van der Waals surface area (Å²) in [5, 5.41) is 0. The number of unbranched alkanes of at least 4 members (excludes halogenated alkanes) is 4. The van der Waals surface area contributed by atoms with Crippen molar-refractivity contribution in [2.24, 2.45) is 23.7 Å². The minimum Gasteiger partial charge on any atom is -0.426 e. The van der Waals surface area contributed by atoms with Crippen LogP contribution in [0.2, 0.25) is 0 Å². The molecule has 2 aliphatic carbocycles. The summed E-state index contributed by atoms with van der Waals surface area (Å²) in [7, 11) is 0. The Balaban J connectivity index is 1.16. The first-order valence-corrected chi connectivity index (χ1v) is 15.3. The first-order chi connectivity index (χ1) is 18.2. The predicted octanol–water partition coefficient (Wildman–Crippen LogP) is 8.97. The Morgan fingerprint density at radius 1 is 0.784 bits per heavy atom. The van der Waals surface area contributed by atoms with E-state index in [9.17, 15) is 4.79 Å². The highest BCUT2D eigenvalue weighted by molar-refractivity contribution is 5.75. The fourth-order valence-corrected chi connectivity index (χ4v) is 6.60. The fourth-order valence-electron chi connectivity index (χ4n) is 6.60.